The van der Waals surface area contributed by atoms with Gasteiger partial charge in [-0.1, -0.05) is 29.4 Å². The number of hydrogen-bond acceptors (Lipinski definition) is 5. The Morgan fingerprint density at radius 1 is 1.08 bits per heavy atom. The topological polar surface area (TPSA) is 73.6 Å². The third-order valence-corrected chi connectivity index (χ3v) is 4.69. The van der Waals surface area contributed by atoms with Crippen LogP contribution in [-0.4, -0.2) is 36.4 Å². The SMILES string of the molecule is CNC(=O)c1cc(-c2ccc(B3OC(C)(C)C(C)(C)O3)cc2)on1. The number of nitrogens with zero attached hydrogens (tertiary/aromatic N) is 1. The maximum atomic E-state index is 11.5. The molecular formula is C17H21BN2O4. The van der Waals surface area contributed by atoms with Gasteiger partial charge in [0.25, 0.3) is 5.91 Å². The van der Waals surface area contributed by atoms with Crippen LogP contribution in [0.15, 0.2) is 34.9 Å². The van der Waals surface area contributed by atoms with Gasteiger partial charge in [0.15, 0.2) is 11.5 Å². The van der Waals surface area contributed by atoms with Gasteiger partial charge in [0.1, 0.15) is 0 Å². The van der Waals surface area contributed by atoms with Crippen molar-refractivity contribution >= 4 is 18.5 Å². The molecule has 1 aromatic carbocycles. The van der Waals surface area contributed by atoms with Crippen LogP contribution < -0.4 is 10.8 Å². The van der Waals surface area contributed by atoms with Crippen LogP contribution in [0.5, 0.6) is 0 Å². The van der Waals surface area contributed by atoms with Crippen molar-refractivity contribution in [3.05, 3.63) is 36.0 Å². The van der Waals surface area contributed by atoms with Gasteiger partial charge in [-0.2, -0.15) is 0 Å². The summed E-state index contributed by atoms with van der Waals surface area (Å²) < 4.78 is 17.3. The van der Waals surface area contributed by atoms with E-state index in [0.717, 1.165) is 11.0 Å². The van der Waals surface area contributed by atoms with Gasteiger partial charge in [0.2, 0.25) is 0 Å². The molecule has 0 radical (unpaired) electrons. The van der Waals surface area contributed by atoms with Crippen molar-refractivity contribution in [2.75, 3.05) is 7.05 Å². The van der Waals surface area contributed by atoms with E-state index in [1.165, 1.54) is 0 Å². The summed E-state index contributed by atoms with van der Waals surface area (Å²) in [5.41, 5.74) is 1.27. The Kier molecular flexibility index (Phi) is 4.01. The highest BCUT2D eigenvalue weighted by atomic mass is 16.7. The molecule has 0 bridgehead atoms. The van der Waals surface area contributed by atoms with Crippen LogP contribution in [0.2, 0.25) is 0 Å². The van der Waals surface area contributed by atoms with Crippen LogP contribution in [0.4, 0.5) is 0 Å². The Morgan fingerprint density at radius 2 is 1.67 bits per heavy atom. The first kappa shape index (κ1) is 16.7. The Morgan fingerprint density at radius 3 is 2.21 bits per heavy atom. The summed E-state index contributed by atoms with van der Waals surface area (Å²) in [5, 5.41) is 6.28. The molecule has 1 aromatic heterocycles. The van der Waals surface area contributed by atoms with Crippen molar-refractivity contribution in [3.63, 3.8) is 0 Å². The molecule has 6 nitrogen and oxygen atoms in total. The Hall–Kier alpha value is -2.12. The zero-order valence-electron chi connectivity index (χ0n) is 14.5. The fourth-order valence-corrected chi connectivity index (χ4v) is 2.43. The predicted molar refractivity (Wildman–Crippen MR) is 91.0 cm³/mol. The molecule has 1 aliphatic rings. The second-order valence-electron chi connectivity index (χ2n) is 6.87. The lowest BCUT2D eigenvalue weighted by Crippen LogP contribution is -2.41. The lowest BCUT2D eigenvalue weighted by molar-refractivity contribution is 0.00578. The number of rotatable bonds is 3. The van der Waals surface area contributed by atoms with E-state index in [-0.39, 0.29) is 22.8 Å². The largest absolute Gasteiger partial charge is 0.494 e. The lowest BCUT2D eigenvalue weighted by atomic mass is 9.79. The van der Waals surface area contributed by atoms with Crippen molar-refractivity contribution in [1.29, 1.82) is 0 Å². The molecule has 1 aliphatic heterocycles. The molecule has 0 unspecified atom stereocenters. The van der Waals surface area contributed by atoms with Gasteiger partial charge in [-0.3, -0.25) is 4.79 Å². The first-order chi connectivity index (χ1) is 11.2. The smallest absolute Gasteiger partial charge is 0.399 e. The Bertz CT molecular complexity index is 736. The van der Waals surface area contributed by atoms with E-state index in [4.69, 9.17) is 13.8 Å². The van der Waals surface area contributed by atoms with Crippen molar-refractivity contribution < 1.29 is 18.6 Å². The average molecular weight is 328 g/mol. The average Bonchev–Trinajstić information content (AvgIpc) is 3.10. The molecule has 7 heteroatoms. The quantitative estimate of drug-likeness (QED) is 0.873. The van der Waals surface area contributed by atoms with Crippen LogP contribution >= 0.6 is 0 Å². The summed E-state index contributed by atoms with van der Waals surface area (Å²) in [4.78, 5) is 11.5. The molecule has 0 spiro atoms. The normalized spacial score (nSPS) is 18.6. The molecule has 0 saturated carbocycles. The first-order valence-electron chi connectivity index (χ1n) is 7.88. The minimum absolute atomic E-state index is 0.252. The minimum Gasteiger partial charge on any atom is -0.399 e. The van der Waals surface area contributed by atoms with Crippen LogP contribution in [-0.2, 0) is 9.31 Å². The molecule has 0 atom stereocenters. The molecular weight excluding hydrogens is 307 g/mol. The fourth-order valence-electron chi connectivity index (χ4n) is 2.43. The number of aromatic nitrogens is 1. The van der Waals surface area contributed by atoms with Gasteiger partial charge >= 0.3 is 7.12 Å². The van der Waals surface area contributed by atoms with Crippen LogP contribution in [0.25, 0.3) is 11.3 Å². The van der Waals surface area contributed by atoms with Gasteiger partial charge < -0.3 is 19.1 Å². The van der Waals surface area contributed by atoms with Gasteiger partial charge in [-0.05, 0) is 33.2 Å². The molecule has 0 aliphatic carbocycles. The highest BCUT2D eigenvalue weighted by molar-refractivity contribution is 6.62. The molecule has 1 fully saturated rings. The van der Waals surface area contributed by atoms with E-state index in [2.05, 4.69) is 10.5 Å². The van der Waals surface area contributed by atoms with E-state index < -0.39 is 7.12 Å². The van der Waals surface area contributed by atoms with Gasteiger partial charge in [0, 0.05) is 18.7 Å². The summed E-state index contributed by atoms with van der Waals surface area (Å²) in [7, 11) is 1.15. The molecule has 3 rings (SSSR count). The van der Waals surface area contributed by atoms with Crippen LogP contribution in [0.1, 0.15) is 38.2 Å². The number of hydrogen-bond donors (Lipinski definition) is 1. The summed E-state index contributed by atoms with van der Waals surface area (Å²) in [6.07, 6.45) is 0. The third-order valence-electron chi connectivity index (χ3n) is 4.69. The highest BCUT2D eigenvalue weighted by Gasteiger charge is 2.51. The van der Waals surface area contributed by atoms with Crippen LogP contribution in [0, 0.1) is 0 Å². The van der Waals surface area contributed by atoms with E-state index in [9.17, 15) is 4.79 Å². The molecule has 1 N–H and O–H groups in total. The molecule has 2 aromatic rings. The van der Waals surface area contributed by atoms with Crippen molar-refractivity contribution in [2.45, 2.75) is 38.9 Å². The molecule has 1 saturated heterocycles. The van der Waals surface area contributed by atoms with E-state index in [1.807, 2.05) is 52.0 Å². The van der Waals surface area contributed by atoms with E-state index in [1.54, 1.807) is 13.1 Å². The van der Waals surface area contributed by atoms with Crippen molar-refractivity contribution in [2.24, 2.45) is 0 Å². The summed E-state index contributed by atoms with van der Waals surface area (Å²) in [6, 6.07) is 9.27. The summed E-state index contributed by atoms with van der Waals surface area (Å²) in [6.45, 7) is 8.10. The molecule has 126 valence electrons. The van der Waals surface area contributed by atoms with Gasteiger partial charge in [0.05, 0.1) is 11.2 Å². The lowest BCUT2D eigenvalue weighted by Gasteiger charge is -2.32. The fraction of sp³-hybridized carbons (Fsp3) is 0.412. The Labute approximate surface area is 141 Å². The number of benzene rings is 1. The summed E-state index contributed by atoms with van der Waals surface area (Å²) in [5.74, 6) is 0.257. The van der Waals surface area contributed by atoms with E-state index >= 15 is 0 Å². The number of carbonyl (C=O) groups excluding carboxylic acids is 1. The monoisotopic (exact) mass is 328 g/mol. The number of amides is 1. The maximum absolute atomic E-state index is 11.5. The maximum Gasteiger partial charge on any atom is 0.494 e. The highest BCUT2D eigenvalue weighted by Crippen LogP contribution is 2.36. The second kappa shape index (κ2) is 5.75. The number of carbonyl (C=O) groups is 1. The molecule has 24 heavy (non-hydrogen) atoms. The zero-order chi connectivity index (χ0) is 17.5. The summed E-state index contributed by atoms with van der Waals surface area (Å²) >= 11 is 0. The van der Waals surface area contributed by atoms with Crippen molar-refractivity contribution in [3.8, 4) is 11.3 Å². The van der Waals surface area contributed by atoms with Gasteiger partial charge in [-0.25, -0.2) is 0 Å². The predicted octanol–water partition coefficient (Wildman–Crippen LogP) is 2.00. The number of nitrogens with one attached hydrogen (secondary N) is 1. The van der Waals surface area contributed by atoms with E-state index in [0.29, 0.717) is 5.76 Å². The standard InChI is InChI=1S/C17H21BN2O4/c1-16(2)17(3,4)24-18(23-16)12-8-6-11(7-9-12)14-10-13(20-22-14)15(21)19-5/h6-10H,1-5H3,(H,19,21). The second-order valence-corrected chi connectivity index (χ2v) is 6.87. The zero-order valence-corrected chi connectivity index (χ0v) is 14.5. The van der Waals surface area contributed by atoms with Gasteiger partial charge in [-0.15, -0.1) is 0 Å². The first-order valence-corrected chi connectivity index (χ1v) is 7.88. The molecule has 1 amide bonds. The molecule has 2 heterocycles. The van der Waals surface area contributed by atoms with Crippen molar-refractivity contribution in [1.82, 2.24) is 10.5 Å². The Balaban J connectivity index is 1.79. The third kappa shape index (κ3) is 2.85. The minimum atomic E-state index is -0.403. The van der Waals surface area contributed by atoms with Crippen LogP contribution in [0.3, 0.4) is 0 Å².